The molecule has 0 fully saturated rings. The Labute approximate surface area is 109 Å². The lowest BCUT2D eigenvalue weighted by Gasteiger charge is -2.00. The van der Waals surface area contributed by atoms with E-state index in [1.807, 2.05) is 12.1 Å². The molecule has 4 heteroatoms. The average molecular weight is 255 g/mol. The summed E-state index contributed by atoms with van der Waals surface area (Å²) in [5.74, 6) is -0.201. The van der Waals surface area contributed by atoms with Gasteiger partial charge in [-0.1, -0.05) is 23.7 Å². The SMILES string of the molecule is C/C=C1\C(=O)c2cc(Cl)ccc2C1=C(C#N)C#N. The van der Waals surface area contributed by atoms with Crippen molar-refractivity contribution in [2.45, 2.75) is 6.92 Å². The number of Topliss-reactive ketones (excluding diaryl/α,β-unsaturated/α-hetero) is 1. The number of halogens is 1. The summed E-state index contributed by atoms with van der Waals surface area (Å²) in [5, 5.41) is 18.4. The van der Waals surface area contributed by atoms with Gasteiger partial charge in [0.25, 0.3) is 0 Å². The zero-order valence-electron chi connectivity index (χ0n) is 9.49. The fraction of sp³-hybridized carbons (Fsp3) is 0.0714. The number of carbonyl (C=O) groups excluding carboxylic acids is 1. The van der Waals surface area contributed by atoms with Crippen LogP contribution in [0, 0.1) is 22.7 Å². The van der Waals surface area contributed by atoms with Crippen molar-refractivity contribution in [1.29, 1.82) is 10.5 Å². The summed E-state index contributed by atoms with van der Waals surface area (Å²) in [6.45, 7) is 1.70. The van der Waals surface area contributed by atoms with E-state index in [0.717, 1.165) is 0 Å². The van der Waals surface area contributed by atoms with E-state index in [2.05, 4.69) is 0 Å². The molecular formula is C14H7ClN2O. The lowest BCUT2D eigenvalue weighted by molar-refractivity contribution is 0.104. The Kier molecular flexibility index (Phi) is 3.02. The molecule has 0 aromatic heterocycles. The Morgan fingerprint density at radius 3 is 2.50 bits per heavy atom. The summed E-state index contributed by atoms with van der Waals surface area (Å²) in [5.41, 5.74) is 1.76. The molecule has 0 aliphatic heterocycles. The first-order valence-electron chi connectivity index (χ1n) is 5.19. The predicted molar refractivity (Wildman–Crippen MR) is 67.7 cm³/mol. The molecule has 1 aromatic rings. The van der Waals surface area contributed by atoms with E-state index >= 15 is 0 Å². The molecule has 0 atom stereocenters. The average Bonchev–Trinajstić information content (AvgIpc) is 2.64. The number of allylic oxidation sites excluding steroid dienone is 4. The van der Waals surface area contributed by atoms with Crippen LogP contribution in [0.1, 0.15) is 22.8 Å². The van der Waals surface area contributed by atoms with Gasteiger partial charge in [-0.2, -0.15) is 10.5 Å². The van der Waals surface area contributed by atoms with E-state index in [1.165, 1.54) is 0 Å². The van der Waals surface area contributed by atoms with E-state index < -0.39 is 0 Å². The molecule has 18 heavy (non-hydrogen) atoms. The van der Waals surface area contributed by atoms with Gasteiger partial charge in [0.15, 0.2) is 5.78 Å². The van der Waals surface area contributed by atoms with Crippen molar-refractivity contribution in [2.75, 3.05) is 0 Å². The van der Waals surface area contributed by atoms with E-state index in [0.29, 0.717) is 27.3 Å². The summed E-state index contributed by atoms with van der Waals surface area (Å²) in [4.78, 5) is 12.1. The number of fused-ring (bicyclic) bond motifs is 1. The van der Waals surface area contributed by atoms with Gasteiger partial charge < -0.3 is 0 Å². The molecule has 0 saturated carbocycles. The predicted octanol–water partition coefficient (Wildman–Crippen LogP) is 3.28. The molecule has 3 nitrogen and oxygen atoms in total. The fourth-order valence-corrected chi connectivity index (χ4v) is 2.18. The van der Waals surface area contributed by atoms with Crippen LogP contribution in [0.4, 0.5) is 0 Å². The zero-order valence-corrected chi connectivity index (χ0v) is 10.2. The van der Waals surface area contributed by atoms with Gasteiger partial charge in [0, 0.05) is 21.7 Å². The monoisotopic (exact) mass is 254 g/mol. The second kappa shape index (κ2) is 4.49. The number of nitrogens with zero attached hydrogens (tertiary/aromatic N) is 2. The Morgan fingerprint density at radius 2 is 1.94 bits per heavy atom. The third-order valence-corrected chi connectivity index (χ3v) is 3.01. The summed E-state index contributed by atoms with van der Waals surface area (Å²) in [7, 11) is 0. The lowest BCUT2D eigenvalue weighted by Crippen LogP contribution is -1.95. The van der Waals surface area contributed by atoms with Crippen molar-refractivity contribution in [3.8, 4) is 12.1 Å². The normalized spacial score (nSPS) is 15.2. The molecule has 0 spiro atoms. The first-order valence-corrected chi connectivity index (χ1v) is 5.57. The number of hydrogen-bond donors (Lipinski definition) is 0. The smallest absolute Gasteiger partial charge is 0.194 e. The quantitative estimate of drug-likeness (QED) is 0.527. The number of hydrogen-bond acceptors (Lipinski definition) is 3. The van der Waals surface area contributed by atoms with Gasteiger partial charge in [-0.3, -0.25) is 4.79 Å². The van der Waals surface area contributed by atoms with Crippen LogP contribution in [0.15, 0.2) is 35.4 Å². The van der Waals surface area contributed by atoms with Crippen LogP contribution < -0.4 is 0 Å². The first kappa shape index (κ1) is 12.1. The maximum absolute atomic E-state index is 12.1. The lowest BCUT2D eigenvalue weighted by atomic mass is 10.00. The van der Waals surface area contributed by atoms with Crippen LogP contribution in [-0.4, -0.2) is 5.78 Å². The molecule has 86 valence electrons. The van der Waals surface area contributed by atoms with Crippen LogP contribution >= 0.6 is 11.6 Å². The molecule has 0 heterocycles. The van der Waals surface area contributed by atoms with E-state index in [4.69, 9.17) is 22.1 Å². The largest absolute Gasteiger partial charge is 0.289 e. The highest BCUT2D eigenvalue weighted by molar-refractivity contribution is 6.33. The third-order valence-electron chi connectivity index (χ3n) is 2.77. The zero-order chi connectivity index (χ0) is 13.3. The van der Waals surface area contributed by atoms with Crippen LogP contribution in [0.3, 0.4) is 0 Å². The number of ketones is 1. The summed E-state index contributed by atoms with van der Waals surface area (Å²) >= 11 is 5.86. The van der Waals surface area contributed by atoms with Gasteiger partial charge in [0.2, 0.25) is 0 Å². The highest BCUT2D eigenvalue weighted by Crippen LogP contribution is 2.39. The van der Waals surface area contributed by atoms with Crippen LogP contribution in [0.25, 0.3) is 5.57 Å². The van der Waals surface area contributed by atoms with E-state index in [-0.39, 0.29) is 11.4 Å². The summed E-state index contributed by atoms with van der Waals surface area (Å²) < 4.78 is 0. The van der Waals surface area contributed by atoms with Gasteiger partial charge in [-0.25, -0.2) is 0 Å². The van der Waals surface area contributed by atoms with Gasteiger partial charge in [-0.05, 0) is 24.6 Å². The molecule has 0 bridgehead atoms. The van der Waals surface area contributed by atoms with Crippen molar-refractivity contribution in [1.82, 2.24) is 0 Å². The molecule has 2 rings (SSSR count). The van der Waals surface area contributed by atoms with E-state index in [1.54, 1.807) is 31.2 Å². The minimum absolute atomic E-state index is 0.0578. The standard InChI is InChI=1S/C14H7ClN2O/c1-2-10-13(8(6-16)7-17)11-4-3-9(15)5-12(11)14(10)18/h2-5H,1H3/b10-2-. The van der Waals surface area contributed by atoms with Crippen molar-refractivity contribution in [2.24, 2.45) is 0 Å². The fourth-order valence-electron chi connectivity index (χ4n) is 2.01. The molecule has 1 aliphatic carbocycles. The number of rotatable bonds is 0. The maximum Gasteiger partial charge on any atom is 0.194 e. The van der Waals surface area contributed by atoms with Crippen LogP contribution in [0.2, 0.25) is 5.02 Å². The van der Waals surface area contributed by atoms with Crippen molar-refractivity contribution >= 4 is 23.0 Å². The minimum atomic E-state index is -0.201. The molecule has 1 aromatic carbocycles. The molecule has 0 radical (unpaired) electrons. The Balaban J connectivity index is 2.87. The van der Waals surface area contributed by atoms with Gasteiger partial charge in [0.1, 0.15) is 17.7 Å². The van der Waals surface area contributed by atoms with Crippen LogP contribution in [0.5, 0.6) is 0 Å². The number of benzene rings is 1. The minimum Gasteiger partial charge on any atom is -0.289 e. The number of carbonyl (C=O) groups is 1. The molecule has 0 unspecified atom stereocenters. The van der Waals surface area contributed by atoms with Crippen molar-refractivity contribution in [3.63, 3.8) is 0 Å². The molecule has 0 N–H and O–H groups in total. The maximum atomic E-state index is 12.1. The summed E-state index contributed by atoms with van der Waals surface area (Å²) in [6.07, 6.45) is 1.61. The Bertz CT molecular complexity index is 683. The Morgan fingerprint density at radius 1 is 1.28 bits per heavy atom. The third kappa shape index (κ3) is 1.62. The highest BCUT2D eigenvalue weighted by Gasteiger charge is 2.31. The molecule has 0 amide bonds. The topological polar surface area (TPSA) is 64.7 Å². The molecular weight excluding hydrogens is 248 g/mol. The Hall–Kier alpha value is -2.36. The summed E-state index contributed by atoms with van der Waals surface area (Å²) in [6, 6.07) is 8.51. The highest BCUT2D eigenvalue weighted by atomic mass is 35.5. The molecule has 1 aliphatic rings. The number of nitriles is 2. The van der Waals surface area contributed by atoms with Crippen molar-refractivity contribution < 1.29 is 4.79 Å². The van der Waals surface area contributed by atoms with Crippen molar-refractivity contribution in [3.05, 3.63) is 51.6 Å². The van der Waals surface area contributed by atoms with Gasteiger partial charge in [0.05, 0.1) is 0 Å². The second-order valence-corrected chi connectivity index (χ2v) is 4.13. The van der Waals surface area contributed by atoms with Gasteiger partial charge >= 0.3 is 0 Å². The van der Waals surface area contributed by atoms with Crippen LogP contribution in [-0.2, 0) is 0 Å². The van der Waals surface area contributed by atoms with E-state index in [9.17, 15) is 4.79 Å². The first-order chi connectivity index (χ1) is 8.63. The second-order valence-electron chi connectivity index (χ2n) is 3.69. The van der Waals surface area contributed by atoms with Gasteiger partial charge in [-0.15, -0.1) is 0 Å². The molecule has 0 saturated heterocycles.